The fourth-order valence-corrected chi connectivity index (χ4v) is 2.92. The molecule has 2 spiro atoms. The lowest BCUT2D eigenvalue weighted by Crippen LogP contribution is -3.04. The van der Waals surface area contributed by atoms with Crippen LogP contribution in [-0.2, 0) is 19.0 Å². The standard InChI is InChI=1S/C10H17NO3.C5H9NO.C2HF3O.CH4/c1-9(2,3)14-8(12)11-6-10(7-11)4-5-13-10;1-2-7-5(1)3-6-4-5;3-2(4,5)1-6;/h4-7H2,1-3H3;6H,1-4H2;1H;1H4/p+1. The van der Waals surface area contributed by atoms with Crippen LogP contribution in [0.15, 0.2) is 0 Å². The summed E-state index contributed by atoms with van der Waals surface area (Å²) in [5, 5.41) is 2.29. The molecule has 0 unspecified atom stereocenters. The van der Waals surface area contributed by atoms with Gasteiger partial charge in [-0.1, -0.05) is 7.43 Å². The lowest BCUT2D eigenvalue weighted by Gasteiger charge is -2.54. The van der Waals surface area contributed by atoms with Crippen molar-refractivity contribution in [3.05, 3.63) is 0 Å². The van der Waals surface area contributed by atoms with Crippen molar-refractivity contribution in [2.45, 2.75) is 64.0 Å². The van der Waals surface area contributed by atoms with E-state index in [1.807, 2.05) is 20.8 Å². The van der Waals surface area contributed by atoms with E-state index < -0.39 is 18.1 Å². The number of carbonyl (C=O) groups excluding carboxylic acids is 2. The maximum absolute atomic E-state index is 11.5. The fourth-order valence-electron chi connectivity index (χ4n) is 2.92. The van der Waals surface area contributed by atoms with Crippen LogP contribution < -0.4 is 5.32 Å². The summed E-state index contributed by atoms with van der Waals surface area (Å²) in [5.41, 5.74) is -0.0167. The summed E-state index contributed by atoms with van der Waals surface area (Å²) in [4.78, 5) is 21.9. The molecular formula is C18H32F3N2O5+. The molecule has 164 valence electrons. The van der Waals surface area contributed by atoms with Crippen molar-refractivity contribution >= 4 is 12.4 Å². The Morgan fingerprint density at radius 3 is 1.68 bits per heavy atom. The van der Waals surface area contributed by atoms with E-state index in [0.29, 0.717) is 18.7 Å². The number of nitrogens with zero attached hydrogens (tertiary/aromatic N) is 1. The minimum atomic E-state index is -4.64. The molecule has 4 aliphatic rings. The minimum absolute atomic E-state index is 0. The number of hydrogen-bond acceptors (Lipinski definition) is 5. The van der Waals surface area contributed by atoms with Gasteiger partial charge >= 0.3 is 12.3 Å². The van der Waals surface area contributed by atoms with Crippen LogP contribution in [0.1, 0.15) is 41.0 Å². The third kappa shape index (κ3) is 6.89. The van der Waals surface area contributed by atoms with Crippen molar-refractivity contribution in [1.82, 2.24) is 4.90 Å². The highest BCUT2D eigenvalue weighted by Gasteiger charge is 2.51. The Hall–Kier alpha value is -1.39. The molecule has 0 aromatic carbocycles. The van der Waals surface area contributed by atoms with Crippen molar-refractivity contribution in [3.63, 3.8) is 0 Å². The molecule has 28 heavy (non-hydrogen) atoms. The molecule has 0 saturated carbocycles. The van der Waals surface area contributed by atoms with Crippen LogP contribution in [0, 0.1) is 0 Å². The Labute approximate surface area is 163 Å². The lowest BCUT2D eigenvalue weighted by atomic mass is 9.87. The number of carbonyl (C=O) groups is 2. The molecule has 0 atom stereocenters. The lowest BCUT2D eigenvalue weighted by molar-refractivity contribution is -0.752. The highest BCUT2D eigenvalue weighted by molar-refractivity contribution is 5.69. The number of rotatable bonds is 0. The molecule has 4 heterocycles. The topological polar surface area (TPSA) is 81.7 Å². The van der Waals surface area contributed by atoms with E-state index in [0.717, 1.165) is 19.6 Å². The minimum Gasteiger partial charge on any atom is -0.444 e. The normalized spacial score (nSPS) is 23.0. The van der Waals surface area contributed by atoms with Crippen LogP contribution in [0.5, 0.6) is 0 Å². The molecule has 0 radical (unpaired) electrons. The zero-order valence-corrected chi connectivity index (χ0v) is 15.9. The van der Waals surface area contributed by atoms with Crippen LogP contribution in [0.25, 0.3) is 0 Å². The number of quaternary nitrogens is 1. The van der Waals surface area contributed by atoms with Gasteiger partial charge in [0.15, 0.2) is 5.60 Å². The predicted octanol–water partition coefficient (Wildman–Crippen LogP) is 1.50. The highest BCUT2D eigenvalue weighted by atomic mass is 19.4. The monoisotopic (exact) mass is 413 g/mol. The molecule has 0 aromatic rings. The molecule has 4 saturated heterocycles. The van der Waals surface area contributed by atoms with Gasteiger partial charge in [0.05, 0.1) is 26.3 Å². The van der Waals surface area contributed by atoms with Gasteiger partial charge in [-0.25, -0.2) is 4.79 Å². The summed E-state index contributed by atoms with van der Waals surface area (Å²) in [6, 6.07) is 0. The Morgan fingerprint density at radius 2 is 1.50 bits per heavy atom. The van der Waals surface area contributed by atoms with Crippen LogP contribution >= 0.6 is 0 Å². The first-order valence-corrected chi connectivity index (χ1v) is 8.98. The van der Waals surface area contributed by atoms with Gasteiger partial charge in [0.2, 0.25) is 6.29 Å². The molecule has 2 N–H and O–H groups in total. The molecule has 4 rings (SSSR count). The average Bonchev–Trinajstić information content (AvgIpc) is 2.29. The maximum Gasteiger partial charge on any atom is 0.446 e. The zero-order valence-electron chi connectivity index (χ0n) is 15.9. The average molecular weight is 413 g/mol. The van der Waals surface area contributed by atoms with Crippen LogP contribution in [-0.4, -0.2) is 79.7 Å². The number of aldehydes is 1. The first kappa shape index (κ1) is 24.6. The third-order valence-electron chi connectivity index (χ3n) is 4.71. The third-order valence-corrected chi connectivity index (χ3v) is 4.71. The Balaban J connectivity index is 0.000000235. The second-order valence-electron chi connectivity index (χ2n) is 8.26. The quantitative estimate of drug-likeness (QED) is 0.609. The van der Waals surface area contributed by atoms with Crippen molar-refractivity contribution in [3.8, 4) is 0 Å². The maximum atomic E-state index is 11.5. The van der Waals surface area contributed by atoms with Crippen molar-refractivity contribution in [2.75, 3.05) is 39.4 Å². The van der Waals surface area contributed by atoms with E-state index >= 15 is 0 Å². The van der Waals surface area contributed by atoms with Crippen LogP contribution in [0.2, 0.25) is 0 Å². The molecule has 10 heteroatoms. The SMILES string of the molecule is C.C1CC2(C[NH2+]C2)O1.CC(C)(C)OC(=O)N1CC2(CCO2)C1.O=CC(F)(F)F. The Kier molecular flexibility index (Phi) is 7.89. The molecule has 1 amide bonds. The summed E-state index contributed by atoms with van der Waals surface area (Å²) >= 11 is 0. The van der Waals surface area contributed by atoms with Gasteiger partial charge in [0, 0.05) is 12.8 Å². The Morgan fingerprint density at radius 1 is 1.07 bits per heavy atom. The molecule has 0 aliphatic carbocycles. The fraction of sp³-hybridized carbons (Fsp3) is 0.889. The van der Waals surface area contributed by atoms with E-state index in [2.05, 4.69) is 5.32 Å². The van der Waals surface area contributed by atoms with E-state index in [1.165, 1.54) is 19.5 Å². The summed E-state index contributed by atoms with van der Waals surface area (Å²) in [7, 11) is 0. The highest BCUT2D eigenvalue weighted by Crippen LogP contribution is 2.36. The largest absolute Gasteiger partial charge is 0.446 e. The van der Waals surface area contributed by atoms with Gasteiger partial charge < -0.3 is 24.4 Å². The van der Waals surface area contributed by atoms with E-state index in [4.69, 9.17) is 19.0 Å². The number of alkyl halides is 3. The molecule has 4 fully saturated rings. The van der Waals surface area contributed by atoms with Gasteiger partial charge in [-0.3, -0.25) is 4.79 Å². The van der Waals surface area contributed by atoms with Gasteiger partial charge in [0.1, 0.15) is 24.3 Å². The molecule has 0 aromatic heterocycles. The Bertz CT molecular complexity index is 513. The van der Waals surface area contributed by atoms with E-state index in [1.54, 1.807) is 4.90 Å². The summed E-state index contributed by atoms with van der Waals surface area (Å²) in [6.07, 6.45) is -3.54. The van der Waals surface area contributed by atoms with Gasteiger partial charge in [0.25, 0.3) is 0 Å². The summed E-state index contributed by atoms with van der Waals surface area (Å²) < 4.78 is 47.2. The van der Waals surface area contributed by atoms with Crippen molar-refractivity contribution < 1.29 is 42.3 Å². The number of ether oxygens (including phenoxy) is 3. The van der Waals surface area contributed by atoms with E-state index in [9.17, 15) is 18.0 Å². The second-order valence-corrected chi connectivity index (χ2v) is 8.26. The zero-order chi connectivity index (χ0) is 20.3. The molecular weight excluding hydrogens is 381 g/mol. The molecule has 4 aliphatic heterocycles. The number of nitrogens with two attached hydrogens (primary N) is 1. The number of hydrogen-bond donors (Lipinski definition) is 1. The van der Waals surface area contributed by atoms with Gasteiger partial charge in [-0.2, -0.15) is 13.2 Å². The predicted molar refractivity (Wildman–Crippen MR) is 94.9 cm³/mol. The van der Waals surface area contributed by atoms with Crippen molar-refractivity contribution in [1.29, 1.82) is 0 Å². The van der Waals surface area contributed by atoms with E-state index in [-0.39, 0.29) is 19.1 Å². The molecule has 0 bridgehead atoms. The van der Waals surface area contributed by atoms with Crippen molar-refractivity contribution in [2.24, 2.45) is 0 Å². The number of amides is 1. The smallest absolute Gasteiger partial charge is 0.444 e. The molecule has 7 nitrogen and oxygen atoms in total. The summed E-state index contributed by atoms with van der Waals surface area (Å²) in [5.74, 6) is 0. The van der Waals surface area contributed by atoms with Gasteiger partial charge in [-0.15, -0.1) is 0 Å². The van der Waals surface area contributed by atoms with Crippen LogP contribution in [0.3, 0.4) is 0 Å². The van der Waals surface area contributed by atoms with Gasteiger partial charge in [-0.05, 0) is 20.8 Å². The first-order chi connectivity index (χ1) is 12.4. The second kappa shape index (κ2) is 8.96. The summed E-state index contributed by atoms with van der Waals surface area (Å²) in [6.45, 7) is 11.3. The first-order valence-electron chi connectivity index (χ1n) is 8.98. The number of likely N-dealkylation sites (tertiary alicyclic amines) is 1. The van der Waals surface area contributed by atoms with Crippen LogP contribution in [0.4, 0.5) is 18.0 Å². The number of halogens is 3.